The van der Waals surface area contributed by atoms with E-state index in [1.165, 1.54) is 16.0 Å². The van der Waals surface area contributed by atoms with Crippen molar-refractivity contribution >= 4 is 23.1 Å². The molecule has 28 heavy (non-hydrogen) atoms. The van der Waals surface area contributed by atoms with Crippen molar-refractivity contribution in [3.05, 3.63) is 83.4 Å². The summed E-state index contributed by atoms with van der Waals surface area (Å²) in [7, 11) is 0. The summed E-state index contributed by atoms with van der Waals surface area (Å²) in [6, 6.07) is 18.8. The summed E-state index contributed by atoms with van der Waals surface area (Å²) in [6.45, 7) is 2.09. The van der Waals surface area contributed by atoms with Crippen LogP contribution in [0.3, 0.4) is 0 Å². The van der Waals surface area contributed by atoms with Gasteiger partial charge in [0, 0.05) is 11.8 Å². The second-order valence-electron chi connectivity index (χ2n) is 7.60. The lowest BCUT2D eigenvalue weighted by molar-refractivity contribution is -0.122. The Balaban J connectivity index is 1.53. The summed E-state index contributed by atoms with van der Waals surface area (Å²) < 4.78 is 0. The largest absolute Gasteiger partial charge is 0.274 e. The minimum absolute atomic E-state index is 0.0185. The van der Waals surface area contributed by atoms with Crippen molar-refractivity contribution in [1.29, 1.82) is 5.26 Å². The molecule has 2 aromatic rings. The van der Waals surface area contributed by atoms with Crippen molar-refractivity contribution in [2.24, 2.45) is 23.7 Å². The highest BCUT2D eigenvalue weighted by Crippen LogP contribution is 2.58. The number of carbonyl (C=O) groups is 2. The van der Waals surface area contributed by atoms with Crippen LogP contribution < -0.4 is 4.90 Å². The molecule has 2 amide bonds. The highest BCUT2D eigenvalue weighted by Gasteiger charge is 2.62. The number of anilines is 1. The van der Waals surface area contributed by atoms with E-state index in [0.29, 0.717) is 11.3 Å². The second kappa shape index (κ2) is 6.03. The number of benzene rings is 2. The fourth-order valence-corrected chi connectivity index (χ4v) is 5.06. The summed E-state index contributed by atoms with van der Waals surface area (Å²) in [6.07, 6.45) is 4.20. The number of hydrogen-bond acceptors (Lipinski definition) is 3. The number of nitriles is 1. The summed E-state index contributed by atoms with van der Waals surface area (Å²) >= 11 is 0. The molecule has 136 valence electrons. The molecule has 0 spiro atoms. The Bertz CT molecular complexity index is 1060. The maximum atomic E-state index is 13.2. The molecule has 2 aromatic carbocycles. The van der Waals surface area contributed by atoms with Crippen molar-refractivity contribution in [1.82, 2.24) is 0 Å². The highest BCUT2D eigenvalue weighted by molar-refractivity contribution is 6.23. The molecule has 2 fully saturated rings. The molecular weight excluding hydrogens is 348 g/mol. The van der Waals surface area contributed by atoms with Gasteiger partial charge in [-0.2, -0.15) is 5.26 Å². The normalized spacial score (nSPS) is 27.3. The van der Waals surface area contributed by atoms with Crippen molar-refractivity contribution < 1.29 is 9.59 Å². The van der Waals surface area contributed by atoms with Crippen LogP contribution in [-0.4, -0.2) is 11.8 Å². The molecule has 5 rings (SSSR count). The van der Waals surface area contributed by atoms with Gasteiger partial charge in [0.05, 0.1) is 29.2 Å². The number of imide groups is 1. The number of carbonyl (C=O) groups excluding carboxylic acids is 2. The predicted molar refractivity (Wildman–Crippen MR) is 106 cm³/mol. The van der Waals surface area contributed by atoms with E-state index < -0.39 is 0 Å². The predicted octanol–water partition coefficient (Wildman–Crippen LogP) is 3.95. The Labute approximate surface area is 163 Å². The lowest BCUT2D eigenvalue weighted by Gasteiger charge is -2.20. The van der Waals surface area contributed by atoms with Crippen LogP contribution in [0.5, 0.6) is 0 Å². The SMILES string of the molecule is CC(=C1[C@H]2C=C[C@H]1[C@H]1C(=O)N(c3ccc(C#N)cc3)C(=O)[C@@H]12)c1ccccc1. The van der Waals surface area contributed by atoms with Gasteiger partial charge in [0.15, 0.2) is 0 Å². The lowest BCUT2D eigenvalue weighted by atomic mass is 9.85. The Morgan fingerprint density at radius 3 is 2.00 bits per heavy atom. The van der Waals surface area contributed by atoms with E-state index in [0.717, 1.165) is 5.56 Å². The average Bonchev–Trinajstić information content (AvgIpc) is 3.38. The van der Waals surface area contributed by atoms with Crippen LogP contribution in [0.15, 0.2) is 72.3 Å². The highest BCUT2D eigenvalue weighted by atomic mass is 16.2. The number of amides is 2. The second-order valence-corrected chi connectivity index (χ2v) is 7.60. The summed E-state index contributed by atoms with van der Waals surface area (Å²) in [4.78, 5) is 27.8. The van der Waals surface area contributed by atoms with Gasteiger partial charge in [0.25, 0.3) is 0 Å². The molecule has 0 unspecified atom stereocenters. The van der Waals surface area contributed by atoms with Crippen molar-refractivity contribution in [2.75, 3.05) is 4.90 Å². The zero-order valence-electron chi connectivity index (χ0n) is 15.4. The van der Waals surface area contributed by atoms with Gasteiger partial charge in [-0.25, -0.2) is 4.90 Å². The number of rotatable bonds is 2. The zero-order chi connectivity index (χ0) is 19.4. The van der Waals surface area contributed by atoms with E-state index in [1.807, 2.05) is 18.2 Å². The third-order valence-electron chi connectivity index (χ3n) is 6.31. The number of allylic oxidation sites excluding steroid dienone is 4. The monoisotopic (exact) mass is 366 g/mol. The van der Waals surface area contributed by atoms with Crippen molar-refractivity contribution in [3.8, 4) is 6.07 Å². The Morgan fingerprint density at radius 1 is 0.893 bits per heavy atom. The Hall–Kier alpha value is -3.45. The summed E-state index contributed by atoms with van der Waals surface area (Å²) in [5.74, 6) is -0.950. The third-order valence-corrected chi connectivity index (χ3v) is 6.31. The van der Waals surface area contributed by atoms with Crippen molar-refractivity contribution in [3.63, 3.8) is 0 Å². The van der Waals surface area contributed by atoms with Crippen LogP contribution in [0, 0.1) is 35.0 Å². The minimum atomic E-state index is -0.327. The van der Waals surface area contributed by atoms with Gasteiger partial charge in [0.1, 0.15) is 0 Å². The van der Waals surface area contributed by atoms with Gasteiger partial charge in [0.2, 0.25) is 11.8 Å². The zero-order valence-corrected chi connectivity index (χ0v) is 15.4. The first kappa shape index (κ1) is 16.7. The smallest absolute Gasteiger partial charge is 0.238 e. The first-order chi connectivity index (χ1) is 13.6. The number of fused-ring (bicyclic) bond motifs is 5. The maximum Gasteiger partial charge on any atom is 0.238 e. The standard InChI is InChI=1S/C24H18N2O2/c1-14(16-5-3-2-4-6-16)20-18-11-12-19(20)22-21(18)23(27)26(24(22)28)17-9-7-15(13-25)8-10-17/h2-12,18-19,21-22H,1H3/t18-,19-,21-,22-/m1/s1. The minimum Gasteiger partial charge on any atom is -0.274 e. The molecule has 1 saturated heterocycles. The first-order valence-corrected chi connectivity index (χ1v) is 9.44. The maximum absolute atomic E-state index is 13.2. The molecule has 1 aliphatic heterocycles. The van der Waals surface area contributed by atoms with Crippen LogP contribution in [0.1, 0.15) is 18.1 Å². The number of hydrogen-bond donors (Lipinski definition) is 0. The molecule has 2 aliphatic carbocycles. The summed E-state index contributed by atoms with van der Waals surface area (Å²) in [5, 5.41) is 8.97. The van der Waals surface area contributed by atoms with E-state index in [9.17, 15) is 9.59 Å². The van der Waals surface area contributed by atoms with Crippen LogP contribution in [0.4, 0.5) is 5.69 Å². The molecule has 0 radical (unpaired) electrons. The molecule has 4 heteroatoms. The Morgan fingerprint density at radius 2 is 1.46 bits per heavy atom. The molecule has 0 aromatic heterocycles. The molecule has 1 saturated carbocycles. The lowest BCUT2D eigenvalue weighted by Crippen LogP contribution is -2.33. The van der Waals surface area contributed by atoms with Crippen LogP contribution in [-0.2, 0) is 9.59 Å². The summed E-state index contributed by atoms with van der Waals surface area (Å²) in [5.41, 5.74) is 4.57. The van der Waals surface area contributed by atoms with Crippen molar-refractivity contribution in [2.45, 2.75) is 6.92 Å². The van der Waals surface area contributed by atoms with Crippen LogP contribution in [0.2, 0.25) is 0 Å². The van der Waals surface area contributed by atoms with E-state index >= 15 is 0 Å². The number of nitrogens with zero attached hydrogens (tertiary/aromatic N) is 2. The molecular formula is C24H18N2O2. The van der Waals surface area contributed by atoms with Gasteiger partial charge >= 0.3 is 0 Å². The average molecular weight is 366 g/mol. The Kier molecular flexibility index (Phi) is 3.60. The molecule has 0 N–H and O–H groups in total. The molecule has 4 atom stereocenters. The molecule has 3 aliphatic rings. The first-order valence-electron chi connectivity index (χ1n) is 9.44. The van der Waals surface area contributed by atoms with E-state index in [-0.39, 0.29) is 35.5 Å². The van der Waals surface area contributed by atoms with Gasteiger partial charge in [-0.05, 0) is 42.3 Å². The van der Waals surface area contributed by atoms with Gasteiger partial charge in [-0.15, -0.1) is 0 Å². The van der Waals surface area contributed by atoms with E-state index in [4.69, 9.17) is 5.26 Å². The fraction of sp³-hybridized carbons (Fsp3) is 0.208. The van der Waals surface area contributed by atoms with Crippen LogP contribution >= 0.6 is 0 Å². The molecule has 2 bridgehead atoms. The quantitative estimate of drug-likeness (QED) is 0.597. The molecule has 1 heterocycles. The molecule has 4 nitrogen and oxygen atoms in total. The van der Waals surface area contributed by atoms with Gasteiger partial charge in [-0.3, -0.25) is 9.59 Å². The van der Waals surface area contributed by atoms with Gasteiger partial charge < -0.3 is 0 Å². The third kappa shape index (κ3) is 2.16. The fourth-order valence-electron chi connectivity index (χ4n) is 5.06. The van der Waals surface area contributed by atoms with Gasteiger partial charge in [-0.1, -0.05) is 48.1 Å². The topological polar surface area (TPSA) is 61.2 Å². The van der Waals surface area contributed by atoms with E-state index in [1.54, 1.807) is 24.3 Å². The van der Waals surface area contributed by atoms with Crippen LogP contribution in [0.25, 0.3) is 5.57 Å². The van der Waals surface area contributed by atoms with E-state index in [2.05, 4.69) is 37.3 Å².